The van der Waals surface area contributed by atoms with Gasteiger partial charge in [0, 0.05) is 18.4 Å². The smallest absolute Gasteiger partial charge is 0.306 e. The van der Waals surface area contributed by atoms with E-state index in [1.165, 1.54) is 18.2 Å². The van der Waals surface area contributed by atoms with Crippen LogP contribution in [0.15, 0.2) is 60.7 Å². The summed E-state index contributed by atoms with van der Waals surface area (Å²) in [4.78, 5) is 26.7. The quantitative estimate of drug-likeness (QED) is 0.110. The molecule has 0 saturated heterocycles. The summed E-state index contributed by atoms with van der Waals surface area (Å²) in [6.07, 6.45) is 4.57. The van der Waals surface area contributed by atoms with Gasteiger partial charge in [0.2, 0.25) is 5.88 Å². The second-order valence-electron chi connectivity index (χ2n) is 12.0. The predicted octanol–water partition coefficient (Wildman–Crippen LogP) is 8.28. The number of halogens is 2. The van der Waals surface area contributed by atoms with Gasteiger partial charge in [0.05, 0.1) is 28.8 Å². The third kappa shape index (κ3) is 7.29. The van der Waals surface area contributed by atoms with E-state index in [-0.39, 0.29) is 49.3 Å². The number of hydrogen-bond donors (Lipinski definition) is 0. The van der Waals surface area contributed by atoms with Crippen LogP contribution in [0.3, 0.4) is 0 Å². The molecule has 0 N–H and O–H groups in total. The van der Waals surface area contributed by atoms with Crippen molar-refractivity contribution in [2.24, 2.45) is 5.41 Å². The van der Waals surface area contributed by atoms with Crippen molar-refractivity contribution < 1.29 is 27.8 Å². The van der Waals surface area contributed by atoms with Crippen LogP contribution in [0, 0.1) is 24.0 Å². The molecule has 0 radical (unpaired) electrons. The van der Waals surface area contributed by atoms with Crippen molar-refractivity contribution in [2.75, 3.05) is 0 Å². The Hall–Kier alpha value is -4.07. The molecule has 1 unspecified atom stereocenters. The molecule has 1 atom stereocenters. The van der Waals surface area contributed by atoms with Crippen molar-refractivity contribution >= 4 is 17.3 Å². The summed E-state index contributed by atoms with van der Waals surface area (Å²) in [7, 11) is 0. The van der Waals surface area contributed by atoms with Crippen LogP contribution in [-0.2, 0) is 22.7 Å². The van der Waals surface area contributed by atoms with Crippen LogP contribution >= 0.6 is 0 Å². The summed E-state index contributed by atoms with van der Waals surface area (Å²) in [5, 5.41) is 4.79. The molecule has 1 aliphatic carbocycles. The van der Waals surface area contributed by atoms with Gasteiger partial charge in [-0.25, -0.2) is 13.3 Å². The van der Waals surface area contributed by atoms with Crippen LogP contribution in [0.25, 0.3) is 5.52 Å². The molecule has 4 aromatic rings. The fourth-order valence-corrected chi connectivity index (χ4v) is 5.69. The Labute approximate surface area is 251 Å². The molecule has 1 fully saturated rings. The zero-order valence-electron chi connectivity index (χ0n) is 25.0. The molecule has 5 rings (SSSR count). The average molecular weight is 589 g/mol. The molecule has 6 nitrogen and oxygen atoms in total. The number of pyridine rings is 1. The standard InChI is InChI=1S/C35H38F2N2O4/c1-4-16-35(3,20-32(41)43-21-24-9-6-5-7-10-24)17-15-30(40)33-29-18-23(2)19-31(39(29)38-34(33)25-13-14-25)42-22-26-27(36)11-8-12-28(26)37/h5-12,18-19,25H,4,13-17,20-22H2,1-3H3. The maximum absolute atomic E-state index is 14.3. The molecule has 2 aromatic heterocycles. The molecule has 0 aliphatic heterocycles. The number of nitrogens with zero attached hydrogens (tertiary/aromatic N) is 2. The van der Waals surface area contributed by atoms with E-state index in [0.29, 0.717) is 23.4 Å². The zero-order valence-corrected chi connectivity index (χ0v) is 25.0. The summed E-state index contributed by atoms with van der Waals surface area (Å²) >= 11 is 0. The number of carbonyl (C=O) groups is 2. The van der Waals surface area contributed by atoms with E-state index < -0.39 is 17.0 Å². The normalized spacial score (nSPS) is 14.4. The number of Topliss-reactive ketones (excluding diaryl/α,β-unsaturated/α-hetero) is 1. The highest BCUT2D eigenvalue weighted by atomic mass is 19.1. The molecule has 1 aliphatic rings. The van der Waals surface area contributed by atoms with Gasteiger partial charge in [-0.3, -0.25) is 9.59 Å². The molecule has 43 heavy (non-hydrogen) atoms. The number of rotatable bonds is 14. The van der Waals surface area contributed by atoms with Crippen LogP contribution < -0.4 is 4.74 Å². The first-order chi connectivity index (χ1) is 20.7. The van der Waals surface area contributed by atoms with Gasteiger partial charge >= 0.3 is 5.97 Å². The molecule has 2 heterocycles. The Bertz CT molecular complexity index is 1590. The molecular weight excluding hydrogens is 550 g/mol. The summed E-state index contributed by atoms with van der Waals surface area (Å²) in [6, 6.07) is 16.9. The minimum absolute atomic E-state index is 0.0337. The first-order valence-electron chi connectivity index (χ1n) is 15.0. The summed E-state index contributed by atoms with van der Waals surface area (Å²) in [5.74, 6) is -1.17. The summed E-state index contributed by atoms with van der Waals surface area (Å²) < 4.78 is 41.6. The third-order valence-corrected chi connectivity index (χ3v) is 8.16. The molecule has 2 aromatic carbocycles. The van der Waals surface area contributed by atoms with E-state index in [4.69, 9.17) is 14.6 Å². The number of esters is 1. The second kappa shape index (κ2) is 13.1. The van der Waals surface area contributed by atoms with Gasteiger partial charge in [0.15, 0.2) is 5.78 Å². The lowest BCUT2D eigenvalue weighted by molar-refractivity contribution is -0.147. The van der Waals surface area contributed by atoms with Crippen LogP contribution in [0.2, 0.25) is 0 Å². The lowest BCUT2D eigenvalue weighted by atomic mass is 9.77. The van der Waals surface area contributed by atoms with E-state index in [0.717, 1.165) is 42.5 Å². The van der Waals surface area contributed by atoms with Crippen LogP contribution in [0.1, 0.15) is 97.5 Å². The Morgan fingerprint density at radius 2 is 1.72 bits per heavy atom. The Balaban J connectivity index is 1.34. The first-order valence-corrected chi connectivity index (χ1v) is 15.0. The number of ether oxygens (including phenoxy) is 2. The van der Waals surface area contributed by atoms with Crippen LogP contribution in [-0.4, -0.2) is 21.4 Å². The SMILES string of the molecule is CCCC(C)(CCC(=O)c1c(C2CC2)nn2c(OCc3c(F)cccc3F)cc(C)cc12)CC(=O)OCc1ccccc1. The fourth-order valence-electron chi connectivity index (χ4n) is 5.69. The number of carbonyl (C=O) groups excluding carboxylic acids is 2. The third-order valence-electron chi connectivity index (χ3n) is 8.16. The van der Waals surface area contributed by atoms with Gasteiger partial charge < -0.3 is 9.47 Å². The highest BCUT2D eigenvalue weighted by Crippen LogP contribution is 2.43. The molecular formula is C35H38F2N2O4. The number of aryl methyl sites for hydroxylation is 1. The van der Waals surface area contributed by atoms with Crippen LogP contribution in [0.4, 0.5) is 8.78 Å². The van der Waals surface area contributed by atoms with Gasteiger partial charge in [-0.15, -0.1) is 0 Å². The maximum Gasteiger partial charge on any atom is 0.306 e. The number of aromatic nitrogens is 2. The number of fused-ring (bicyclic) bond motifs is 1. The Morgan fingerprint density at radius 1 is 1.00 bits per heavy atom. The zero-order chi connectivity index (χ0) is 30.6. The highest BCUT2D eigenvalue weighted by Gasteiger charge is 2.35. The number of hydrogen-bond acceptors (Lipinski definition) is 5. The van der Waals surface area contributed by atoms with E-state index in [1.807, 2.05) is 50.2 Å². The monoisotopic (exact) mass is 588 g/mol. The van der Waals surface area contributed by atoms with E-state index >= 15 is 0 Å². The van der Waals surface area contributed by atoms with Crippen molar-refractivity contribution in [2.45, 2.75) is 84.8 Å². The largest absolute Gasteiger partial charge is 0.473 e. The van der Waals surface area contributed by atoms with Gasteiger partial charge in [-0.2, -0.15) is 5.10 Å². The highest BCUT2D eigenvalue weighted by molar-refractivity contribution is 6.04. The van der Waals surface area contributed by atoms with Gasteiger partial charge in [-0.1, -0.05) is 56.7 Å². The second-order valence-corrected chi connectivity index (χ2v) is 12.0. The number of ketones is 1. The Morgan fingerprint density at radius 3 is 2.40 bits per heavy atom. The summed E-state index contributed by atoms with van der Waals surface area (Å²) in [5.41, 5.74) is 3.13. The fraction of sp³-hybridized carbons (Fsp3) is 0.400. The lowest BCUT2D eigenvalue weighted by Crippen LogP contribution is -2.23. The predicted molar refractivity (Wildman–Crippen MR) is 160 cm³/mol. The molecule has 1 saturated carbocycles. The van der Waals surface area contributed by atoms with E-state index in [2.05, 4.69) is 6.92 Å². The van der Waals surface area contributed by atoms with Crippen molar-refractivity contribution in [3.05, 3.63) is 100 Å². The number of benzene rings is 2. The van der Waals surface area contributed by atoms with Gasteiger partial charge in [0.25, 0.3) is 0 Å². The van der Waals surface area contributed by atoms with Crippen molar-refractivity contribution in [3.63, 3.8) is 0 Å². The molecule has 0 bridgehead atoms. The van der Waals surface area contributed by atoms with E-state index in [9.17, 15) is 18.4 Å². The molecule has 0 spiro atoms. The molecule has 8 heteroatoms. The minimum Gasteiger partial charge on any atom is -0.473 e. The van der Waals surface area contributed by atoms with Crippen molar-refractivity contribution in [1.29, 1.82) is 0 Å². The van der Waals surface area contributed by atoms with Crippen molar-refractivity contribution in [1.82, 2.24) is 9.61 Å². The topological polar surface area (TPSA) is 69.9 Å². The lowest BCUT2D eigenvalue weighted by Gasteiger charge is -2.28. The Kier molecular flexibility index (Phi) is 9.23. The minimum atomic E-state index is -0.682. The average Bonchev–Trinajstić information content (AvgIpc) is 3.75. The maximum atomic E-state index is 14.3. The van der Waals surface area contributed by atoms with E-state index in [1.54, 1.807) is 10.6 Å². The van der Waals surface area contributed by atoms with Gasteiger partial charge in [0.1, 0.15) is 24.8 Å². The van der Waals surface area contributed by atoms with Gasteiger partial charge in [-0.05, 0) is 67.3 Å². The van der Waals surface area contributed by atoms with Crippen molar-refractivity contribution in [3.8, 4) is 5.88 Å². The summed E-state index contributed by atoms with van der Waals surface area (Å²) in [6.45, 7) is 5.91. The molecule has 0 amide bonds. The molecule has 226 valence electrons. The van der Waals surface area contributed by atoms with Crippen LogP contribution in [0.5, 0.6) is 5.88 Å². The first kappa shape index (κ1) is 30.4.